The van der Waals surface area contributed by atoms with Gasteiger partial charge in [0, 0.05) is 32.2 Å². The van der Waals surface area contributed by atoms with Gasteiger partial charge in [0.15, 0.2) is 0 Å². The van der Waals surface area contributed by atoms with E-state index in [1.165, 1.54) is 18.4 Å². The van der Waals surface area contributed by atoms with Crippen LogP contribution in [-0.2, 0) is 20.8 Å². The highest BCUT2D eigenvalue weighted by molar-refractivity contribution is 5.30. The van der Waals surface area contributed by atoms with Gasteiger partial charge in [-0.2, -0.15) is 0 Å². The Morgan fingerprint density at radius 1 is 1.03 bits per heavy atom. The zero-order chi connectivity index (χ0) is 23.8. The maximum absolute atomic E-state index is 13.6. The Kier molecular flexibility index (Phi) is 10.3. The molecule has 1 aromatic carbocycles. The first-order chi connectivity index (χ1) is 15.0. The molecule has 2 rings (SSSR count). The van der Waals surface area contributed by atoms with Crippen LogP contribution in [0.25, 0.3) is 0 Å². The molecule has 1 atom stereocenters. The van der Waals surface area contributed by atoms with Crippen LogP contribution >= 0.6 is 0 Å². The summed E-state index contributed by atoms with van der Waals surface area (Å²) < 4.78 is 37.9. The number of hydrogen-bond donors (Lipinski definition) is 0. The first-order valence-electron chi connectivity index (χ1n) is 12.0. The maximum atomic E-state index is 13.6. The van der Waals surface area contributed by atoms with E-state index < -0.39 is 5.92 Å². The molecule has 1 unspecified atom stereocenters. The van der Waals surface area contributed by atoms with Gasteiger partial charge in [-0.3, -0.25) is 4.90 Å². The first kappa shape index (κ1) is 26.9. The number of alkyl halides is 2. The van der Waals surface area contributed by atoms with Gasteiger partial charge in [-0.15, -0.1) is 0 Å². The summed E-state index contributed by atoms with van der Waals surface area (Å²) in [6, 6.07) is 7.26. The summed E-state index contributed by atoms with van der Waals surface area (Å²) in [6.45, 7) is 14.0. The minimum absolute atomic E-state index is 0.0752. The molecule has 0 saturated carbocycles. The van der Waals surface area contributed by atoms with Gasteiger partial charge in [-0.1, -0.05) is 49.8 Å². The average molecular weight is 452 g/mol. The number of halogens is 2. The van der Waals surface area contributed by atoms with Crippen molar-refractivity contribution < 1.29 is 18.3 Å². The average Bonchev–Trinajstić information content (AvgIpc) is 2.72. The highest BCUT2D eigenvalue weighted by atomic mass is 19.3. The number of methoxy groups -OCH3 is 1. The second-order valence-electron chi connectivity index (χ2n) is 10.2. The van der Waals surface area contributed by atoms with E-state index in [2.05, 4.69) is 38.7 Å². The van der Waals surface area contributed by atoms with Crippen LogP contribution in [0.4, 0.5) is 8.78 Å². The molecule has 1 heterocycles. The summed E-state index contributed by atoms with van der Waals surface area (Å²) in [4.78, 5) is 2.60. The quantitative estimate of drug-likeness (QED) is 0.265. The molecule has 5 heteroatoms. The summed E-state index contributed by atoms with van der Waals surface area (Å²) >= 11 is 0. The third-order valence-corrected chi connectivity index (χ3v) is 6.64. The van der Waals surface area contributed by atoms with Gasteiger partial charge in [0.1, 0.15) is 0 Å². The van der Waals surface area contributed by atoms with Crippen LogP contribution in [0.3, 0.4) is 0 Å². The highest BCUT2D eigenvalue weighted by Crippen LogP contribution is 2.35. The van der Waals surface area contributed by atoms with Crippen molar-refractivity contribution in [3.63, 3.8) is 0 Å². The standard InChI is InChI=1S/C27H43F2NO2/c1-21(2)19-25(30-14-11-22(12-15-30)13-16-32-18-17-31-6)20-26(3,4)23-7-9-24(10-8-23)27(5,28)29/h7-10,19,22,25H,11-18,20H2,1-6H3. The molecule has 0 N–H and O–H groups in total. The van der Waals surface area contributed by atoms with E-state index in [4.69, 9.17) is 9.47 Å². The second kappa shape index (κ2) is 12.2. The van der Waals surface area contributed by atoms with Crippen LogP contribution in [0.15, 0.2) is 35.9 Å². The summed E-state index contributed by atoms with van der Waals surface area (Å²) in [7, 11) is 1.70. The number of benzene rings is 1. The van der Waals surface area contributed by atoms with Crippen LogP contribution in [0.1, 0.15) is 71.4 Å². The lowest BCUT2D eigenvalue weighted by molar-refractivity contribution is 0.0174. The van der Waals surface area contributed by atoms with Crippen molar-refractivity contribution in [2.24, 2.45) is 5.92 Å². The molecule has 3 nitrogen and oxygen atoms in total. The van der Waals surface area contributed by atoms with Crippen LogP contribution in [0, 0.1) is 5.92 Å². The van der Waals surface area contributed by atoms with Crippen LogP contribution < -0.4 is 0 Å². The zero-order valence-electron chi connectivity index (χ0n) is 20.9. The molecule has 0 aromatic heterocycles. The molecule has 32 heavy (non-hydrogen) atoms. The summed E-state index contributed by atoms with van der Waals surface area (Å²) in [6.07, 6.45) is 6.85. The molecular formula is C27H43F2NO2. The van der Waals surface area contributed by atoms with E-state index in [1.54, 1.807) is 19.2 Å². The predicted molar refractivity (Wildman–Crippen MR) is 128 cm³/mol. The number of allylic oxidation sites excluding steroid dienone is 1. The molecule has 1 aliphatic rings. The van der Waals surface area contributed by atoms with Gasteiger partial charge in [0.2, 0.25) is 0 Å². The lowest BCUT2D eigenvalue weighted by Crippen LogP contribution is -2.43. The molecular weight excluding hydrogens is 408 g/mol. The molecule has 0 amide bonds. The van der Waals surface area contributed by atoms with Crippen molar-refractivity contribution in [1.29, 1.82) is 0 Å². The maximum Gasteiger partial charge on any atom is 0.270 e. The number of nitrogens with zero attached hydrogens (tertiary/aromatic N) is 1. The van der Waals surface area contributed by atoms with Gasteiger partial charge < -0.3 is 9.47 Å². The highest BCUT2D eigenvalue weighted by Gasteiger charge is 2.31. The Morgan fingerprint density at radius 2 is 1.62 bits per heavy atom. The lowest BCUT2D eigenvalue weighted by Gasteiger charge is -2.40. The van der Waals surface area contributed by atoms with Crippen LogP contribution in [0.2, 0.25) is 0 Å². The fraction of sp³-hybridized carbons (Fsp3) is 0.704. The van der Waals surface area contributed by atoms with Gasteiger partial charge in [0.05, 0.1) is 13.2 Å². The van der Waals surface area contributed by atoms with E-state index in [9.17, 15) is 8.78 Å². The fourth-order valence-corrected chi connectivity index (χ4v) is 4.60. The molecule has 1 fully saturated rings. The van der Waals surface area contributed by atoms with Gasteiger partial charge in [-0.05, 0) is 69.5 Å². The normalized spacial score (nSPS) is 17.4. The minimum Gasteiger partial charge on any atom is -0.382 e. The van der Waals surface area contributed by atoms with E-state index >= 15 is 0 Å². The molecule has 182 valence electrons. The first-order valence-corrected chi connectivity index (χ1v) is 12.0. The van der Waals surface area contributed by atoms with E-state index in [1.807, 2.05) is 12.1 Å². The predicted octanol–water partition coefficient (Wildman–Crippen LogP) is 6.57. The number of ether oxygens (including phenoxy) is 2. The Hall–Kier alpha value is -1.30. The monoisotopic (exact) mass is 451 g/mol. The van der Waals surface area contributed by atoms with Gasteiger partial charge in [-0.25, -0.2) is 8.78 Å². The smallest absolute Gasteiger partial charge is 0.270 e. The van der Waals surface area contributed by atoms with E-state index in [-0.39, 0.29) is 11.0 Å². The van der Waals surface area contributed by atoms with Crippen molar-refractivity contribution >= 4 is 0 Å². The SMILES string of the molecule is COCCOCCC1CCN(C(C=C(C)C)CC(C)(C)c2ccc(C(C)(F)F)cc2)CC1. The van der Waals surface area contributed by atoms with Gasteiger partial charge in [0.25, 0.3) is 5.92 Å². The number of hydrogen-bond acceptors (Lipinski definition) is 3. The summed E-state index contributed by atoms with van der Waals surface area (Å²) in [5.41, 5.74) is 2.40. The van der Waals surface area contributed by atoms with Crippen LogP contribution in [-0.4, -0.2) is 51.0 Å². The molecule has 0 spiro atoms. The minimum atomic E-state index is -2.80. The van der Waals surface area contributed by atoms with Crippen molar-refractivity contribution in [2.75, 3.05) is 40.0 Å². The lowest BCUT2D eigenvalue weighted by atomic mass is 9.77. The molecule has 0 bridgehead atoms. The van der Waals surface area contributed by atoms with Crippen molar-refractivity contribution in [3.8, 4) is 0 Å². The van der Waals surface area contributed by atoms with Crippen molar-refractivity contribution in [2.45, 2.75) is 77.7 Å². The molecule has 0 radical (unpaired) electrons. The number of likely N-dealkylation sites (tertiary alicyclic amines) is 1. The molecule has 0 aliphatic carbocycles. The van der Waals surface area contributed by atoms with Gasteiger partial charge >= 0.3 is 0 Å². The van der Waals surface area contributed by atoms with E-state index in [0.717, 1.165) is 50.9 Å². The third-order valence-electron chi connectivity index (χ3n) is 6.64. The number of rotatable bonds is 12. The van der Waals surface area contributed by atoms with E-state index in [0.29, 0.717) is 19.3 Å². The van der Waals surface area contributed by atoms with Crippen molar-refractivity contribution in [3.05, 3.63) is 47.0 Å². The zero-order valence-corrected chi connectivity index (χ0v) is 20.9. The Labute approximate surface area is 194 Å². The Morgan fingerprint density at radius 3 is 2.16 bits per heavy atom. The topological polar surface area (TPSA) is 21.7 Å². The fourth-order valence-electron chi connectivity index (χ4n) is 4.60. The Balaban J connectivity index is 1.98. The molecule has 1 saturated heterocycles. The Bertz CT molecular complexity index is 697. The number of piperidine rings is 1. The third kappa shape index (κ3) is 8.57. The molecule has 1 aromatic rings. The van der Waals surface area contributed by atoms with Crippen LogP contribution in [0.5, 0.6) is 0 Å². The largest absolute Gasteiger partial charge is 0.382 e. The summed E-state index contributed by atoms with van der Waals surface area (Å²) in [5, 5.41) is 0. The summed E-state index contributed by atoms with van der Waals surface area (Å²) in [5.74, 6) is -2.08. The molecule has 1 aliphatic heterocycles. The van der Waals surface area contributed by atoms with Crippen molar-refractivity contribution in [1.82, 2.24) is 4.90 Å². The second-order valence-corrected chi connectivity index (χ2v) is 10.2.